The summed E-state index contributed by atoms with van der Waals surface area (Å²) in [6.45, 7) is 6.63. The highest BCUT2D eigenvalue weighted by molar-refractivity contribution is 7.80. The van der Waals surface area contributed by atoms with Crippen molar-refractivity contribution in [3.63, 3.8) is 0 Å². The van der Waals surface area contributed by atoms with E-state index in [2.05, 4.69) is 24.1 Å². The van der Waals surface area contributed by atoms with Crippen LogP contribution in [-0.4, -0.2) is 29.7 Å². The van der Waals surface area contributed by atoms with E-state index in [9.17, 15) is 0 Å². The van der Waals surface area contributed by atoms with Crippen LogP contribution in [0.15, 0.2) is 18.3 Å². The highest BCUT2D eigenvalue weighted by Gasteiger charge is 2.04. The molecule has 0 saturated heterocycles. The lowest BCUT2D eigenvalue weighted by atomic mass is 10.2. The van der Waals surface area contributed by atoms with Crippen LogP contribution < -0.4 is 11.1 Å². The molecule has 0 aliphatic carbocycles. The van der Waals surface area contributed by atoms with E-state index in [-0.39, 0.29) is 0 Å². The van der Waals surface area contributed by atoms with Gasteiger partial charge in [0.1, 0.15) is 10.8 Å². The first-order valence-corrected chi connectivity index (χ1v) is 6.58. The quantitative estimate of drug-likeness (QED) is 0.558. The fraction of sp³-hybridized carbons (Fsp3) is 0.538. The van der Waals surface area contributed by atoms with Gasteiger partial charge in [0.05, 0.1) is 5.56 Å². The lowest BCUT2D eigenvalue weighted by molar-refractivity contribution is 0.110. The Bertz CT molecular complexity index is 382. The molecule has 1 aromatic heterocycles. The lowest BCUT2D eigenvalue weighted by Crippen LogP contribution is -2.15. The minimum atomic E-state index is 0.363. The van der Waals surface area contributed by atoms with Crippen molar-refractivity contribution < 1.29 is 4.74 Å². The molecule has 1 rings (SSSR count). The number of nitrogens with two attached hydrogens (primary N) is 1. The number of hydrogen-bond donors (Lipinski definition) is 2. The largest absolute Gasteiger partial charge is 0.389 e. The van der Waals surface area contributed by atoms with Gasteiger partial charge in [-0.15, -0.1) is 0 Å². The van der Waals surface area contributed by atoms with Gasteiger partial charge in [-0.1, -0.05) is 26.1 Å². The molecule has 4 nitrogen and oxygen atoms in total. The van der Waals surface area contributed by atoms with Gasteiger partial charge in [0, 0.05) is 26.0 Å². The second-order valence-corrected chi connectivity index (χ2v) is 4.95. The van der Waals surface area contributed by atoms with Crippen LogP contribution in [0.4, 0.5) is 5.82 Å². The van der Waals surface area contributed by atoms with Crippen molar-refractivity contribution in [2.45, 2.75) is 20.3 Å². The van der Waals surface area contributed by atoms with Crippen molar-refractivity contribution in [3.05, 3.63) is 23.9 Å². The van der Waals surface area contributed by atoms with E-state index in [4.69, 9.17) is 22.7 Å². The van der Waals surface area contributed by atoms with Crippen molar-refractivity contribution in [2.24, 2.45) is 11.7 Å². The number of aromatic nitrogens is 1. The van der Waals surface area contributed by atoms with Gasteiger partial charge in [-0.2, -0.15) is 0 Å². The molecule has 1 aromatic rings. The zero-order chi connectivity index (χ0) is 13.4. The number of rotatable bonds is 8. The number of ether oxygens (including phenoxy) is 1. The maximum atomic E-state index is 5.63. The van der Waals surface area contributed by atoms with Gasteiger partial charge >= 0.3 is 0 Å². The molecule has 0 aromatic carbocycles. The smallest absolute Gasteiger partial charge is 0.136 e. The van der Waals surface area contributed by atoms with Crippen molar-refractivity contribution in [3.8, 4) is 0 Å². The van der Waals surface area contributed by atoms with Crippen molar-refractivity contribution >= 4 is 23.0 Å². The first-order chi connectivity index (χ1) is 8.61. The molecule has 1 heterocycles. The van der Waals surface area contributed by atoms with Crippen molar-refractivity contribution in [1.29, 1.82) is 0 Å². The summed E-state index contributed by atoms with van der Waals surface area (Å²) in [6, 6.07) is 3.69. The van der Waals surface area contributed by atoms with Gasteiger partial charge < -0.3 is 15.8 Å². The highest BCUT2D eigenvalue weighted by Crippen LogP contribution is 2.10. The molecule has 0 unspecified atom stereocenters. The summed E-state index contributed by atoms with van der Waals surface area (Å²) < 4.78 is 5.50. The second-order valence-electron chi connectivity index (χ2n) is 4.51. The third kappa shape index (κ3) is 5.42. The third-order valence-corrected chi connectivity index (χ3v) is 2.50. The number of anilines is 1. The molecule has 0 bridgehead atoms. The zero-order valence-corrected chi connectivity index (χ0v) is 11.8. The molecular weight excluding hydrogens is 246 g/mol. The molecule has 18 heavy (non-hydrogen) atoms. The average Bonchev–Trinajstić information content (AvgIpc) is 2.33. The average molecular weight is 267 g/mol. The predicted octanol–water partition coefficient (Wildman–Crippen LogP) is 2.19. The van der Waals surface area contributed by atoms with E-state index in [0.29, 0.717) is 10.9 Å². The van der Waals surface area contributed by atoms with E-state index < -0.39 is 0 Å². The van der Waals surface area contributed by atoms with Crippen molar-refractivity contribution in [1.82, 2.24) is 4.98 Å². The van der Waals surface area contributed by atoms with Gasteiger partial charge in [-0.05, 0) is 24.5 Å². The van der Waals surface area contributed by atoms with Crippen LogP contribution in [0.3, 0.4) is 0 Å². The van der Waals surface area contributed by atoms with E-state index in [1.165, 1.54) is 0 Å². The predicted molar refractivity (Wildman–Crippen MR) is 78.9 cm³/mol. The van der Waals surface area contributed by atoms with Gasteiger partial charge in [-0.3, -0.25) is 0 Å². The summed E-state index contributed by atoms with van der Waals surface area (Å²) >= 11 is 4.97. The Morgan fingerprint density at radius 1 is 1.56 bits per heavy atom. The van der Waals surface area contributed by atoms with Gasteiger partial charge in [0.25, 0.3) is 0 Å². The minimum absolute atomic E-state index is 0.363. The van der Waals surface area contributed by atoms with Crippen LogP contribution in [0, 0.1) is 5.92 Å². The molecular formula is C13H21N3OS. The Balaban J connectivity index is 2.29. The summed E-state index contributed by atoms with van der Waals surface area (Å²) in [5.74, 6) is 1.32. The van der Waals surface area contributed by atoms with Gasteiger partial charge in [0.15, 0.2) is 0 Å². The number of hydrogen-bond acceptors (Lipinski definition) is 4. The molecule has 0 fully saturated rings. The van der Waals surface area contributed by atoms with Crippen LogP contribution in [0.25, 0.3) is 0 Å². The molecule has 0 spiro atoms. The fourth-order valence-electron chi connectivity index (χ4n) is 1.45. The summed E-state index contributed by atoms with van der Waals surface area (Å²) in [7, 11) is 0. The van der Waals surface area contributed by atoms with Gasteiger partial charge in [0.2, 0.25) is 0 Å². The number of nitrogens with zero attached hydrogens (tertiary/aromatic N) is 1. The summed E-state index contributed by atoms with van der Waals surface area (Å²) in [5.41, 5.74) is 6.41. The minimum Gasteiger partial charge on any atom is -0.389 e. The molecule has 3 N–H and O–H groups in total. The molecule has 0 amide bonds. The maximum absolute atomic E-state index is 5.63. The summed E-state index contributed by atoms with van der Waals surface area (Å²) in [5, 5.41) is 3.22. The van der Waals surface area contributed by atoms with Crippen LogP contribution in [0.2, 0.25) is 0 Å². The normalized spacial score (nSPS) is 10.6. The molecule has 0 aliphatic rings. The maximum Gasteiger partial charge on any atom is 0.136 e. The highest BCUT2D eigenvalue weighted by atomic mass is 32.1. The standard InChI is InChI=1S/C13H21N3OS/c1-10(2)9-17-8-4-7-16-13-11(12(14)18)5-3-6-15-13/h3,5-6,10H,4,7-9H2,1-2H3,(H2,14,18)(H,15,16). The Hall–Kier alpha value is -1.20. The molecule has 5 heteroatoms. The Kier molecular flexibility index (Phi) is 6.60. The molecule has 100 valence electrons. The van der Waals surface area contributed by atoms with E-state index in [0.717, 1.165) is 37.6 Å². The lowest BCUT2D eigenvalue weighted by Gasteiger charge is -2.10. The second kappa shape index (κ2) is 8.00. The van der Waals surface area contributed by atoms with Crippen molar-refractivity contribution in [2.75, 3.05) is 25.1 Å². The Morgan fingerprint density at radius 3 is 3.00 bits per heavy atom. The van der Waals surface area contributed by atoms with Crippen LogP contribution in [0.5, 0.6) is 0 Å². The third-order valence-electron chi connectivity index (χ3n) is 2.28. The number of thiocarbonyl (C=S) groups is 1. The van der Waals surface area contributed by atoms with Crippen LogP contribution in [0.1, 0.15) is 25.8 Å². The Morgan fingerprint density at radius 2 is 2.33 bits per heavy atom. The number of nitrogens with one attached hydrogen (secondary N) is 1. The molecule has 0 atom stereocenters. The topological polar surface area (TPSA) is 60.2 Å². The van der Waals surface area contributed by atoms with E-state index >= 15 is 0 Å². The van der Waals surface area contributed by atoms with Crippen LogP contribution >= 0.6 is 12.2 Å². The fourth-order valence-corrected chi connectivity index (χ4v) is 1.61. The zero-order valence-electron chi connectivity index (χ0n) is 11.0. The molecule has 0 radical (unpaired) electrons. The monoisotopic (exact) mass is 267 g/mol. The first kappa shape index (κ1) is 14.9. The molecule has 0 aliphatic heterocycles. The van der Waals surface area contributed by atoms with Crippen LogP contribution in [-0.2, 0) is 4.74 Å². The van der Waals surface area contributed by atoms with Gasteiger partial charge in [-0.25, -0.2) is 4.98 Å². The van der Waals surface area contributed by atoms with E-state index in [1.54, 1.807) is 6.20 Å². The number of pyridine rings is 1. The summed E-state index contributed by atoms with van der Waals surface area (Å²) in [4.78, 5) is 4.59. The summed E-state index contributed by atoms with van der Waals surface area (Å²) in [6.07, 6.45) is 2.65. The Labute approximate surface area is 114 Å². The van der Waals surface area contributed by atoms with E-state index in [1.807, 2.05) is 12.1 Å². The first-order valence-electron chi connectivity index (χ1n) is 6.17. The molecule has 0 saturated carbocycles. The SMILES string of the molecule is CC(C)COCCCNc1ncccc1C(N)=S.